The summed E-state index contributed by atoms with van der Waals surface area (Å²) in [4.78, 5) is 14.4. The molecule has 0 aliphatic carbocycles. The molecule has 0 spiro atoms. The second-order valence-corrected chi connectivity index (χ2v) is 3.97. The van der Waals surface area contributed by atoms with Crippen molar-refractivity contribution in [2.45, 2.75) is 0 Å². The Kier molecular flexibility index (Phi) is 3.82. The summed E-state index contributed by atoms with van der Waals surface area (Å²) in [6.45, 7) is 0. The molecule has 0 radical (unpaired) electrons. The molecular weight excluding hydrogens is 270 g/mol. The summed E-state index contributed by atoms with van der Waals surface area (Å²) in [6, 6.07) is 9.52. The lowest BCUT2D eigenvalue weighted by Gasteiger charge is -2.08. The zero-order valence-corrected chi connectivity index (χ0v) is 10.7. The van der Waals surface area contributed by atoms with E-state index in [-0.39, 0.29) is 11.6 Å². The molecule has 2 aromatic rings. The molecule has 0 aliphatic heterocycles. The summed E-state index contributed by atoms with van der Waals surface area (Å²) in [5.41, 5.74) is -0.223. The van der Waals surface area contributed by atoms with Gasteiger partial charge in [-0.25, -0.2) is 0 Å². The highest BCUT2D eigenvalue weighted by Gasteiger charge is 2.19. The van der Waals surface area contributed by atoms with Crippen LogP contribution in [0.2, 0.25) is 5.02 Å². The number of benzene rings is 1. The van der Waals surface area contributed by atoms with Gasteiger partial charge in [-0.3, -0.25) is 10.1 Å². The Balaban J connectivity index is 2.43. The molecule has 0 saturated carbocycles. The van der Waals surface area contributed by atoms with Crippen molar-refractivity contribution in [2.24, 2.45) is 0 Å². The third kappa shape index (κ3) is 2.92. The molecule has 98 valence electrons. The number of nitrogens with one attached hydrogen (secondary N) is 1. The van der Waals surface area contributed by atoms with Crippen LogP contribution in [0.25, 0.3) is 0 Å². The van der Waals surface area contributed by atoms with Gasteiger partial charge in [0.25, 0.3) is 0 Å². The van der Waals surface area contributed by atoms with E-state index in [9.17, 15) is 10.1 Å². The van der Waals surface area contributed by atoms with Crippen molar-refractivity contribution < 1.29 is 9.66 Å². The van der Waals surface area contributed by atoms with Gasteiger partial charge in [0.15, 0.2) is 0 Å². The van der Waals surface area contributed by atoms with Gasteiger partial charge < -0.3 is 10.1 Å². The SMILES string of the molecule is CNc1ccc([N+](=O)[O-])c(Oc2ccccc2Cl)n1. The van der Waals surface area contributed by atoms with Crippen LogP contribution in [-0.4, -0.2) is 17.0 Å². The lowest BCUT2D eigenvalue weighted by atomic mass is 10.3. The predicted octanol–water partition coefficient (Wildman–Crippen LogP) is 3.48. The summed E-state index contributed by atoms with van der Waals surface area (Å²) in [6.07, 6.45) is 0. The first-order valence-electron chi connectivity index (χ1n) is 5.37. The molecule has 0 aliphatic rings. The molecule has 0 atom stereocenters. The van der Waals surface area contributed by atoms with Crippen molar-refractivity contribution in [1.29, 1.82) is 0 Å². The van der Waals surface area contributed by atoms with Crippen molar-refractivity contribution in [3.8, 4) is 11.6 Å². The zero-order chi connectivity index (χ0) is 13.8. The van der Waals surface area contributed by atoms with Crippen molar-refractivity contribution in [2.75, 3.05) is 12.4 Å². The van der Waals surface area contributed by atoms with E-state index in [0.29, 0.717) is 16.6 Å². The van der Waals surface area contributed by atoms with Gasteiger partial charge in [-0.1, -0.05) is 23.7 Å². The van der Waals surface area contributed by atoms with Crippen LogP contribution in [-0.2, 0) is 0 Å². The normalized spacial score (nSPS) is 10.0. The molecule has 0 amide bonds. The van der Waals surface area contributed by atoms with Crippen LogP contribution in [0.1, 0.15) is 0 Å². The Hall–Kier alpha value is -2.34. The number of ether oxygens (including phenoxy) is 1. The number of anilines is 1. The molecule has 1 aromatic heterocycles. The molecule has 1 N–H and O–H groups in total. The van der Waals surface area contributed by atoms with E-state index in [1.165, 1.54) is 12.1 Å². The highest BCUT2D eigenvalue weighted by atomic mass is 35.5. The van der Waals surface area contributed by atoms with Crippen molar-refractivity contribution in [3.63, 3.8) is 0 Å². The van der Waals surface area contributed by atoms with Gasteiger partial charge in [0.1, 0.15) is 11.6 Å². The van der Waals surface area contributed by atoms with E-state index in [1.807, 2.05) is 0 Å². The molecule has 7 heteroatoms. The van der Waals surface area contributed by atoms with Gasteiger partial charge >= 0.3 is 11.6 Å². The molecular formula is C12H10ClN3O3. The maximum atomic E-state index is 10.9. The monoisotopic (exact) mass is 279 g/mol. The van der Waals surface area contributed by atoms with E-state index in [0.717, 1.165) is 0 Å². The molecule has 0 saturated heterocycles. The minimum Gasteiger partial charge on any atom is -0.432 e. The third-order valence-corrected chi connectivity index (χ3v) is 2.65. The summed E-state index contributed by atoms with van der Waals surface area (Å²) < 4.78 is 5.42. The summed E-state index contributed by atoms with van der Waals surface area (Å²) >= 11 is 5.94. The fourth-order valence-electron chi connectivity index (χ4n) is 1.42. The first kappa shape index (κ1) is 13.1. The van der Waals surface area contributed by atoms with Gasteiger partial charge in [0, 0.05) is 13.1 Å². The summed E-state index contributed by atoms with van der Waals surface area (Å²) in [5.74, 6) is 0.672. The van der Waals surface area contributed by atoms with Gasteiger partial charge in [0.2, 0.25) is 0 Å². The van der Waals surface area contributed by atoms with Crippen LogP contribution in [0.3, 0.4) is 0 Å². The van der Waals surface area contributed by atoms with Crippen LogP contribution in [0.15, 0.2) is 36.4 Å². The number of nitrogens with zero attached hydrogens (tertiary/aromatic N) is 2. The number of nitro groups is 1. The minimum absolute atomic E-state index is 0.107. The van der Waals surface area contributed by atoms with Gasteiger partial charge in [-0.15, -0.1) is 0 Å². The molecule has 2 rings (SSSR count). The first-order valence-corrected chi connectivity index (χ1v) is 5.75. The van der Waals surface area contributed by atoms with Gasteiger partial charge in [0.05, 0.1) is 9.95 Å². The molecule has 1 heterocycles. The zero-order valence-electron chi connectivity index (χ0n) is 9.96. The number of hydrogen-bond donors (Lipinski definition) is 1. The Bertz CT molecular complexity index is 619. The maximum absolute atomic E-state index is 10.9. The Morgan fingerprint density at radius 3 is 2.68 bits per heavy atom. The van der Waals surface area contributed by atoms with Crippen molar-refractivity contribution in [1.82, 2.24) is 4.98 Å². The number of rotatable bonds is 4. The fraction of sp³-hybridized carbons (Fsp3) is 0.0833. The van der Waals surface area contributed by atoms with E-state index in [2.05, 4.69) is 10.3 Å². The molecule has 0 unspecified atom stereocenters. The van der Waals surface area contributed by atoms with Gasteiger partial charge in [-0.2, -0.15) is 4.98 Å². The Labute approximate surface area is 114 Å². The molecule has 6 nitrogen and oxygen atoms in total. The summed E-state index contributed by atoms with van der Waals surface area (Å²) in [5, 5.41) is 14.1. The lowest BCUT2D eigenvalue weighted by molar-refractivity contribution is -0.386. The topological polar surface area (TPSA) is 77.3 Å². The molecule has 19 heavy (non-hydrogen) atoms. The number of aromatic nitrogens is 1. The van der Waals surface area contributed by atoms with E-state index in [1.54, 1.807) is 31.3 Å². The van der Waals surface area contributed by atoms with Crippen LogP contribution >= 0.6 is 11.6 Å². The second-order valence-electron chi connectivity index (χ2n) is 3.56. The Morgan fingerprint density at radius 2 is 2.05 bits per heavy atom. The van der Waals surface area contributed by atoms with E-state index < -0.39 is 4.92 Å². The largest absolute Gasteiger partial charge is 0.432 e. The first-order chi connectivity index (χ1) is 9.11. The van der Waals surface area contributed by atoms with Crippen molar-refractivity contribution >= 4 is 23.1 Å². The average molecular weight is 280 g/mol. The fourth-order valence-corrected chi connectivity index (χ4v) is 1.59. The number of para-hydroxylation sites is 1. The number of hydrogen-bond acceptors (Lipinski definition) is 5. The number of halogens is 1. The van der Waals surface area contributed by atoms with Crippen LogP contribution in [0.4, 0.5) is 11.5 Å². The average Bonchev–Trinajstić information content (AvgIpc) is 2.41. The van der Waals surface area contributed by atoms with Gasteiger partial charge in [-0.05, 0) is 18.2 Å². The van der Waals surface area contributed by atoms with E-state index in [4.69, 9.17) is 16.3 Å². The third-order valence-electron chi connectivity index (χ3n) is 2.34. The van der Waals surface area contributed by atoms with Crippen LogP contribution in [0, 0.1) is 10.1 Å². The second kappa shape index (κ2) is 5.53. The smallest absolute Gasteiger partial charge is 0.331 e. The maximum Gasteiger partial charge on any atom is 0.331 e. The molecule has 1 aromatic carbocycles. The van der Waals surface area contributed by atoms with Crippen LogP contribution in [0.5, 0.6) is 11.6 Å². The molecule has 0 fully saturated rings. The predicted molar refractivity (Wildman–Crippen MR) is 72.0 cm³/mol. The Morgan fingerprint density at radius 1 is 1.32 bits per heavy atom. The highest BCUT2D eigenvalue weighted by Crippen LogP contribution is 2.33. The summed E-state index contributed by atoms with van der Waals surface area (Å²) in [7, 11) is 1.66. The standard InChI is InChI=1S/C12H10ClN3O3/c1-14-11-7-6-9(16(17)18)12(15-11)19-10-5-3-2-4-8(10)13/h2-7H,1H3,(H,14,15). The molecule has 0 bridgehead atoms. The van der Waals surface area contributed by atoms with Crippen LogP contribution < -0.4 is 10.1 Å². The lowest BCUT2D eigenvalue weighted by Crippen LogP contribution is -1.99. The van der Waals surface area contributed by atoms with Crippen molar-refractivity contribution in [3.05, 3.63) is 51.5 Å². The highest BCUT2D eigenvalue weighted by molar-refractivity contribution is 6.32. The quantitative estimate of drug-likeness (QED) is 0.685. The number of pyridine rings is 1. The minimum atomic E-state index is -0.557. The van der Waals surface area contributed by atoms with E-state index >= 15 is 0 Å².